The molecular weight excluding hydrogens is 316 g/mol. The molecule has 0 saturated carbocycles. The number of thiophene rings is 1. The Morgan fingerprint density at radius 3 is 3.00 bits per heavy atom. The molecule has 6 heteroatoms. The van der Waals surface area contributed by atoms with Crippen LogP contribution in [0.2, 0.25) is 0 Å². The molecule has 3 heterocycles. The predicted octanol–water partition coefficient (Wildman–Crippen LogP) is 4.32. The lowest BCUT2D eigenvalue weighted by molar-refractivity contribution is 0.103. The molecule has 22 heavy (non-hydrogen) atoms. The van der Waals surface area contributed by atoms with Gasteiger partial charge in [-0.1, -0.05) is 12.1 Å². The molecule has 1 aliphatic rings. The molecule has 4 nitrogen and oxygen atoms in total. The van der Waals surface area contributed by atoms with Crippen LogP contribution in [0.15, 0.2) is 36.5 Å². The number of fused-ring (bicyclic) bond motifs is 3. The first-order chi connectivity index (χ1) is 10.7. The van der Waals surface area contributed by atoms with Gasteiger partial charge in [0.2, 0.25) is 0 Å². The third-order valence-electron chi connectivity index (χ3n) is 3.39. The molecule has 1 N–H and O–H groups in total. The first kappa shape index (κ1) is 13.5. The number of hydrogen-bond acceptors (Lipinski definition) is 5. The zero-order valence-corrected chi connectivity index (χ0v) is 13.4. The van der Waals surface area contributed by atoms with E-state index in [1.54, 1.807) is 6.20 Å². The zero-order valence-electron chi connectivity index (χ0n) is 11.8. The minimum Gasteiger partial charge on any atom is -0.488 e. The molecule has 110 valence electrons. The number of benzene rings is 1. The minimum atomic E-state index is -0.119. The van der Waals surface area contributed by atoms with E-state index < -0.39 is 0 Å². The van der Waals surface area contributed by atoms with Gasteiger partial charge in [-0.15, -0.1) is 22.7 Å². The lowest BCUT2D eigenvalue weighted by Gasteiger charge is -2.16. The van der Waals surface area contributed by atoms with Crippen molar-refractivity contribution in [2.24, 2.45) is 0 Å². The van der Waals surface area contributed by atoms with Crippen molar-refractivity contribution in [1.82, 2.24) is 4.98 Å². The predicted molar refractivity (Wildman–Crippen MR) is 88.9 cm³/mol. The van der Waals surface area contributed by atoms with Crippen LogP contribution >= 0.6 is 22.7 Å². The van der Waals surface area contributed by atoms with Crippen LogP contribution in [0.25, 0.3) is 10.4 Å². The van der Waals surface area contributed by atoms with Crippen LogP contribution in [0.4, 0.5) is 5.13 Å². The van der Waals surface area contributed by atoms with E-state index in [2.05, 4.69) is 10.3 Å². The highest BCUT2D eigenvalue weighted by atomic mass is 32.1. The van der Waals surface area contributed by atoms with Gasteiger partial charge >= 0.3 is 0 Å². The van der Waals surface area contributed by atoms with Crippen molar-refractivity contribution in [2.75, 3.05) is 5.32 Å². The summed E-state index contributed by atoms with van der Waals surface area (Å²) in [6.07, 6.45) is 1.75. The van der Waals surface area contributed by atoms with Crippen molar-refractivity contribution in [3.8, 4) is 16.2 Å². The number of aryl methyl sites for hydroxylation is 1. The van der Waals surface area contributed by atoms with E-state index in [0.717, 1.165) is 26.6 Å². The van der Waals surface area contributed by atoms with E-state index in [1.165, 1.54) is 22.7 Å². The monoisotopic (exact) mass is 328 g/mol. The number of carbonyl (C=O) groups is 1. The summed E-state index contributed by atoms with van der Waals surface area (Å²) in [7, 11) is 0. The number of aromatic nitrogens is 1. The molecule has 0 spiro atoms. The second kappa shape index (κ2) is 5.23. The Bertz CT molecular complexity index is 867. The molecule has 0 bridgehead atoms. The average molecular weight is 328 g/mol. The summed E-state index contributed by atoms with van der Waals surface area (Å²) in [5.41, 5.74) is 2.11. The number of hydrogen-bond donors (Lipinski definition) is 1. The van der Waals surface area contributed by atoms with Gasteiger partial charge in [-0.2, -0.15) is 0 Å². The summed E-state index contributed by atoms with van der Waals surface area (Å²) in [5.74, 6) is 0.755. The molecule has 4 rings (SSSR count). The molecule has 0 atom stereocenters. The zero-order chi connectivity index (χ0) is 15.1. The Morgan fingerprint density at radius 1 is 1.32 bits per heavy atom. The highest BCUT2D eigenvalue weighted by molar-refractivity contribution is 7.18. The lowest BCUT2D eigenvalue weighted by Crippen LogP contribution is -2.09. The second-order valence-electron chi connectivity index (χ2n) is 4.98. The van der Waals surface area contributed by atoms with Gasteiger partial charge in [-0.3, -0.25) is 10.1 Å². The van der Waals surface area contributed by atoms with Crippen molar-refractivity contribution >= 4 is 33.7 Å². The maximum absolute atomic E-state index is 12.4. The fourth-order valence-corrected chi connectivity index (χ4v) is 4.13. The largest absolute Gasteiger partial charge is 0.488 e. The van der Waals surface area contributed by atoms with Gasteiger partial charge in [-0.25, -0.2) is 4.98 Å². The normalized spacial score (nSPS) is 12.2. The number of amides is 1. The van der Waals surface area contributed by atoms with Crippen LogP contribution in [-0.2, 0) is 6.61 Å². The van der Waals surface area contributed by atoms with Gasteiger partial charge < -0.3 is 4.74 Å². The molecule has 0 saturated heterocycles. The van der Waals surface area contributed by atoms with Gasteiger partial charge in [0, 0.05) is 27.1 Å². The first-order valence-electron chi connectivity index (χ1n) is 6.79. The molecule has 0 aliphatic carbocycles. The Morgan fingerprint density at radius 2 is 2.18 bits per heavy atom. The van der Waals surface area contributed by atoms with Crippen molar-refractivity contribution < 1.29 is 9.53 Å². The van der Waals surface area contributed by atoms with Crippen LogP contribution in [-0.4, -0.2) is 10.9 Å². The Labute approximate surface area is 135 Å². The second-order valence-corrected chi connectivity index (χ2v) is 7.27. The summed E-state index contributed by atoms with van der Waals surface area (Å²) in [6.45, 7) is 2.47. The molecular formula is C16H12N2O2S2. The number of ether oxygens (including phenoxy) is 1. The number of thiazole rings is 1. The molecule has 0 unspecified atom stereocenters. The molecule has 1 aromatic carbocycles. The highest BCUT2D eigenvalue weighted by Crippen LogP contribution is 2.42. The third kappa shape index (κ3) is 2.30. The Kier molecular flexibility index (Phi) is 3.20. The summed E-state index contributed by atoms with van der Waals surface area (Å²) in [4.78, 5) is 19.4. The van der Waals surface area contributed by atoms with E-state index in [9.17, 15) is 4.79 Å². The van der Waals surface area contributed by atoms with Gasteiger partial charge in [-0.05, 0) is 25.1 Å². The third-order valence-corrected chi connectivity index (χ3v) is 5.43. The van der Waals surface area contributed by atoms with E-state index in [0.29, 0.717) is 16.6 Å². The summed E-state index contributed by atoms with van der Waals surface area (Å²) in [5, 5.41) is 3.48. The smallest absolute Gasteiger partial charge is 0.267 e. The van der Waals surface area contributed by atoms with Crippen molar-refractivity contribution in [1.29, 1.82) is 0 Å². The first-order valence-corrected chi connectivity index (χ1v) is 8.43. The van der Waals surface area contributed by atoms with Crippen LogP contribution in [0.1, 0.15) is 20.1 Å². The van der Waals surface area contributed by atoms with E-state index in [4.69, 9.17) is 4.74 Å². The quantitative estimate of drug-likeness (QED) is 0.762. The standard InChI is InChI=1S/C16H12N2O2S2/c1-9-7-17-16(21-9)18-15(19)13-6-10-8-20-12-5-3-2-4-11(12)14(10)22-13/h2-7H,8H2,1H3,(H,17,18,19). The average Bonchev–Trinajstić information content (AvgIpc) is 3.13. The number of para-hydroxylation sites is 1. The molecule has 0 radical (unpaired) electrons. The Balaban J connectivity index is 1.65. The molecule has 0 fully saturated rings. The van der Waals surface area contributed by atoms with Gasteiger partial charge in [0.25, 0.3) is 5.91 Å². The van der Waals surface area contributed by atoms with Crippen LogP contribution in [0, 0.1) is 6.92 Å². The van der Waals surface area contributed by atoms with Crippen molar-refractivity contribution in [3.63, 3.8) is 0 Å². The number of rotatable bonds is 2. The van der Waals surface area contributed by atoms with E-state index in [-0.39, 0.29) is 5.91 Å². The molecule has 1 amide bonds. The number of nitrogens with zero attached hydrogens (tertiary/aromatic N) is 1. The number of anilines is 1. The van der Waals surface area contributed by atoms with E-state index >= 15 is 0 Å². The molecule has 2 aromatic heterocycles. The Hall–Kier alpha value is -2.18. The van der Waals surface area contributed by atoms with Crippen LogP contribution in [0.3, 0.4) is 0 Å². The molecule has 3 aromatic rings. The van der Waals surface area contributed by atoms with Gasteiger partial charge in [0.05, 0.1) is 4.88 Å². The van der Waals surface area contributed by atoms with E-state index in [1.807, 2.05) is 37.3 Å². The summed E-state index contributed by atoms with van der Waals surface area (Å²) in [6, 6.07) is 9.82. The van der Waals surface area contributed by atoms with Crippen LogP contribution < -0.4 is 10.1 Å². The lowest BCUT2D eigenvalue weighted by atomic mass is 10.1. The fraction of sp³-hybridized carbons (Fsp3) is 0.125. The number of nitrogens with one attached hydrogen (secondary N) is 1. The maximum Gasteiger partial charge on any atom is 0.267 e. The summed E-state index contributed by atoms with van der Waals surface area (Å²) < 4.78 is 5.73. The molecule has 1 aliphatic heterocycles. The van der Waals surface area contributed by atoms with Gasteiger partial charge in [0.15, 0.2) is 5.13 Å². The summed E-state index contributed by atoms with van der Waals surface area (Å²) >= 11 is 2.97. The maximum atomic E-state index is 12.4. The number of carbonyl (C=O) groups excluding carboxylic acids is 1. The SMILES string of the molecule is Cc1cnc(NC(=O)c2cc3c(s2)-c2ccccc2OC3)s1. The van der Waals surface area contributed by atoms with Crippen molar-refractivity contribution in [3.05, 3.63) is 51.8 Å². The topological polar surface area (TPSA) is 51.2 Å². The van der Waals surface area contributed by atoms with Gasteiger partial charge in [0.1, 0.15) is 12.4 Å². The highest BCUT2D eigenvalue weighted by Gasteiger charge is 2.22. The minimum absolute atomic E-state index is 0.119. The van der Waals surface area contributed by atoms with Crippen LogP contribution in [0.5, 0.6) is 5.75 Å². The fourth-order valence-electron chi connectivity index (χ4n) is 2.38. The van der Waals surface area contributed by atoms with Crippen molar-refractivity contribution in [2.45, 2.75) is 13.5 Å².